The predicted molar refractivity (Wildman–Crippen MR) is 61.4 cm³/mol. The summed E-state index contributed by atoms with van der Waals surface area (Å²) in [6, 6.07) is 8.24. The second-order valence-electron chi connectivity index (χ2n) is 3.64. The Morgan fingerprint density at radius 3 is 2.62 bits per heavy atom. The van der Waals surface area contributed by atoms with Gasteiger partial charge in [-0.25, -0.2) is 0 Å². The van der Waals surface area contributed by atoms with Crippen molar-refractivity contribution in [2.45, 2.75) is 25.4 Å². The molecule has 1 amide bonds. The molecule has 4 nitrogen and oxygen atoms in total. The Balaban J connectivity index is 2.49. The number of hydrogen-bond acceptors (Lipinski definition) is 3. The van der Waals surface area contributed by atoms with Crippen LogP contribution in [0.2, 0.25) is 0 Å². The number of hydrogen-bond donors (Lipinski definition) is 2. The van der Waals surface area contributed by atoms with Gasteiger partial charge in [0.25, 0.3) is 0 Å². The molecular formula is C12H15N2O2. The van der Waals surface area contributed by atoms with E-state index in [1.165, 1.54) is 0 Å². The normalized spacial score (nSPS) is 13.9. The van der Waals surface area contributed by atoms with Crippen LogP contribution in [-0.2, 0) is 16.0 Å². The second-order valence-corrected chi connectivity index (χ2v) is 3.64. The quantitative estimate of drug-likeness (QED) is 0.741. The summed E-state index contributed by atoms with van der Waals surface area (Å²) in [5, 5.41) is 2.46. The van der Waals surface area contributed by atoms with Crippen LogP contribution in [0.4, 0.5) is 0 Å². The molecule has 1 aromatic carbocycles. The predicted octanol–water partition coefficient (Wildman–Crippen LogP) is 0.171. The van der Waals surface area contributed by atoms with Gasteiger partial charge < -0.3 is 11.1 Å². The molecule has 4 heteroatoms. The van der Waals surface area contributed by atoms with Crippen molar-refractivity contribution in [2.75, 3.05) is 0 Å². The van der Waals surface area contributed by atoms with Crippen LogP contribution >= 0.6 is 0 Å². The Kier molecular flexibility index (Phi) is 4.66. The first-order valence-electron chi connectivity index (χ1n) is 5.11. The van der Waals surface area contributed by atoms with E-state index in [0.717, 1.165) is 5.56 Å². The smallest absolute Gasteiger partial charge is 0.237 e. The fourth-order valence-corrected chi connectivity index (χ4v) is 1.31. The summed E-state index contributed by atoms with van der Waals surface area (Å²) < 4.78 is 0. The summed E-state index contributed by atoms with van der Waals surface area (Å²) in [5.41, 5.74) is 6.70. The van der Waals surface area contributed by atoms with Crippen molar-refractivity contribution < 1.29 is 9.59 Å². The topological polar surface area (TPSA) is 72.2 Å². The first kappa shape index (κ1) is 12.4. The highest BCUT2D eigenvalue weighted by molar-refractivity contribution is 5.84. The summed E-state index contributed by atoms with van der Waals surface area (Å²) in [4.78, 5) is 21.7. The molecule has 0 aromatic heterocycles. The van der Waals surface area contributed by atoms with E-state index in [4.69, 9.17) is 5.73 Å². The largest absolute Gasteiger partial charge is 0.345 e. The van der Waals surface area contributed by atoms with Gasteiger partial charge in [-0.15, -0.1) is 0 Å². The summed E-state index contributed by atoms with van der Waals surface area (Å²) in [6.45, 7) is 1.56. The number of rotatable bonds is 5. The first-order chi connectivity index (χ1) is 7.63. The lowest BCUT2D eigenvalue weighted by molar-refractivity contribution is -0.122. The van der Waals surface area contributed by atoms with E-state index >= 15 is 0 Å². The zero-order valence-electron chi connectivity index (χ0n) is 9.14. The minimum atomic E-state index is -0.641. The molecular weight excluding hydrogens is 204 g/mol. The molecule has 0 unspecified atom stereocenters. The molecule has 0 saturated carbocycles. The molecule has 2 atom stereocenters. The summed E-state index contributed by atoms with van der Waals surface area (Å²) in [6.07, 6.45) is 2.13. The van der Waals surface area contributed by atoms with Crippen LogP contribution < -0.4 is 11.1 Å². The lowest BCUT2D eigenvalue weighted by Crippen LogP contribution is -2.45. The Labute approximate surface area is 94.8 Å². The second kappa shape index (κ2) is 6.02. The lowest BCUT2D eigenvalue weighted by Gasteiger charge is -2.13. The van der Waals surface area contributed by atoms with E-state index in [9.17, 15) is 9.59 Å². The third kappa shape index (κ3) is 3.82. The maximum absolute atomic E-state index is 11.5. The molecule has 0 heterocycles. The van der Waals surface area contributed by atoms with Crippen LogP contribution in [0.25, 0.3) is 0 Å². The van der Waals surface area contributed by atoms with Gasteiger partial charge in [-0.2, -0.15) is 0 Å². The van der Waals surface area contributed by atoms with Crippen LogP contribution in [0.1, 0.15) is 12.5 Å². The molecule has 3 N–H and O–H groups in total. The molecule has 1 radical (unpaired) electrons. The zero-order chi connectivity index (χ0) is 12.0. The molecule has 0 bridgehead atoms. The highest BCUT2D eigenvalue weighted by Crippen LogP contribution is 2.01. The fraction of sp³-hybridized carbons (Fsp3) is 0.333. The van der Waals surface area contributed by atoms with Gasteiger partial charge in [0.1, 0.15) is 0 Å². The van der Waals surface area contributed by atoms with E-state index < -0.39 is 12.1 Å². The number of benzene rings is 1. The minimum absolute atomic E-state index is 0.334. The van der Waals surface area contributed by atoms with Gasteiger partial charge in [0.2, 0.25) is 12.2 Å². The van der Waals surface area contributed by atoms with Crippen molar-refractivity contribution >= 4 is 12.2 Å². The standard InChI is InChI=1S/C12H15N2O2/c1-9(8-15)14-12(16)11(13)7-10-5-3-2-4-6-10/h2-6,9,11H,7,13H2,1H3,(H,14,16)/t9-,11+/m1/s1. The maximum atomic E-state index is 11.5. The summed E-state index contributed by atoms with van der Waals surface area (Å²) in [5.74, 6) is -0.334. The minimum Gasteiger partial charge on any atom is -0.345 e. The zero-order valence-corrected chi connectivity index (χ0v) is 9.14. The Hall–Kier alpha value is -1.68. The number of nitrogens with one attached hydrogen (secondary N) is 1. The van der Waals surface area contributed by atoms with E-state index in [-0.39, 0.29) is 5.91 Å². The van der Waals surface area contributed by atoms with Crippen LogP contribution in [-0.4, -0.2) is 24.3 Å². The molecule has 0 saturated heterocycles. The van der Waals surface area contributed by atoms with E-state index in [1.54, 1.807) is 13.2 Å². The van der Waals surface area contributed by atoms with Gasteiger partial charge in [0.15, 0.2) is 0 Å². The van der Waals surface area contributed by atoms with Crippen LogP contribution in [0, 0.1) is 0 Å². The van der Waals surface area contributed by atoms with Gasteiger partial charge in [-0.05, 0) is 18.9 Å². The highest BCUT2D eigenvalue weighted by atomic mass is 16.2. The Morgan fingerprint density at radius 2 is 2.06 bits per heavy atom. The van der Waals surface area contributed by atoms with Crippen LogP contribution in [0.15, 0.2) is 30.3 Å². The van der Waals surface area contributed by atoms with Gasteiger partial charge in [0.05, 0.1) is 12.1 Å². The van der Waals surface area contributed by atoms with E-state index in [2.05, 4.69) is 5.32 Å². The maximum Gasteiger partial charge on any atom is 0.237 e. The Bertz CT molecular complexity index is 351. The average molecular weight is 219 g/mol. The molecule has 1 rings (SSSR count). The van der Waals surface area contributed by atoms with Crippen LogP contribution in [0.5, 0.6) is 0 Å². The fourth-order valence-electron chi connectivity index (χ4n) is 1.31. The van der Waals surface area contributed by atoms with E-state index in [0.29, 0.717) is 6.42 Å². The number of nitrogens with two attached hydrogens (primary N) is 1. The van der Waals surface area contributed by atoms with Gasteiger partial charge in [-0.1, -0.05) is 30.3 Å². The van der Waals surface area contributed by atoms with Crippen LogP contribution in [0.3, 0.4) is 0 Å². The molecule has 16 heavy (non-hydrogen) atoms. The van der Waals surface area contributed by atoms with Crippen molar-refractivity contribution in [1.82, 2.24) is 5.32 Å². The number of carbonyl (C=O) groups is 1. The lowest BCUT2D eigenvalue weighted by atomic mass is 10.1. The molecule has 1 aromatic rings. The average Bonchev–Trinajstić information content (AvgIpc) is 2.30. The third-order valence-electron chi connectivity index (χ3n) is 2.17. The molecule has 0 aliphatic carbocycles. The van der Waals surface area contributed by atoms with Crippen molar-refractivity contribution in [3.8, 4) is 0 Å². The van der Waals surface area contributed by atoms with E-state index in [1.807, 2.05) is 30.3 Å². The van der Waals surface area contributed by atoms with Crippen molar-refractivity contribution in [3.63, 3.8) is 0 Å². The molecule has 0 spiro atoms. The summed E-state index contributed by atoms with van der Waals surface area (Å²) >= 11 is 0. The van der Waals surface area contributed by atoms with Crippen molar-refractivity contribution in [1.29, 1.82) is 0 Å². The van der Waals surface area contributed by atoms with Gasteiger partial charge in [-0.3, -0.25) is 9.59 Å². The molecule has 0 aliphatic heterocycles. The number of amides is 1. The first-order valence-corrected chi connectivity index (χ1v) is 5.11. The monoisotopic (exact) mass is 219 g/mol. The number of carbonyl (C=O) groups excluding carboxylic acids is 2. The molecule has 0 aliphatic rings. The van der Waals surface area contributed by atoms with Crippen molar-refractivity contribution in [3.05, 3.63) is 35.9 Å². The van der Waals surface area contributed by atoms with Gasteiger partial charge in [0, 0.05) is 0 Å². The molecule has 85 valence electrons. The highest BCUT2D eigenvalue weighted by Gasteiger charge is 2.15. The Morgan fingerprint density at radius 1 is 1.44 bits per heavy atom. The SMILES string of the molecule is C[C@H]([C]=O)NC(=O)[C@@H](N)Cc1ccccc1. The van der Waals surface area contributed by atoms with Crippen molar-refractivity contribution in [2.24, 2.45) is 5.73 Å². The third-order valence-corrected chi connectivity index (χ3v) is 2.17. The van der Waals surface area contributed by atoms with Gasteiger partial charge >= 0.3 is 0 Å². The summed E-state index contributed by atoms with van der Waals surface area (Å²) in [7, 11) is 0. The molecule has 0 fully saturated rings.